The molecular weight excluding hydrogens is 360 g/mol. The topological polar surface area (TPSA) is 131 Å². The maximum atomic E-state index is 12.0. The van der Waals surface area contributed by atoms with Gasteiger partial charge in [-0.2, -0.15) is 0 Å². The highest BCUT2D eigenvalue weighted by molar-refractivity contribution is 9.10. The predicted octanol–water partition coefficient (Wildman–Crippen LogP) is -1.52. The molecule has 5 atom stereocenters. The number of hydrazine groups is 1. The van der Waals surface area contributed by atoms with Crippen LogP contribution in [-0.4, -0.2) is 63.6 Å². The average Bonchev–Trinajstić information content (AvgIpc) is 2.51. The lowest BCUT2D eigenvalue weighted by Gasteiger charge is -2.40. The maximum Gasteiger partial charge on any atom is 0.265 e. The summed E-state index contributed by atoms with van der Waals surface area (Å²) in [6, 6.07) is 6.65. The SMILES string of the molecule is O=C(NN[C@@H]1O[C@H](CO)[C@H](O)[C@@H](O)[C@H]1O)c1cccc(Br)c1. The number of benzene rings is 1. The van der Waals surface area contributed by atoms with Gasteiger partial charge in [0, 0.05) is 10.0 Å². The smallest absolute Gasteiger partial charge is 0.265 e. The third-order valence-electron chi connectivity index (χ3n) is 3.31. The summed E-state index contributed by atoms with van der Waals surface area (Å²) in [5, 5.41) is 38.2. The second-order valence-corrected chi connectivity index (χ2v) is 5.77. The third kappa shape index (κ3) is 3.82. The predicted molar refractivity (Wildman–Crippen MR) is 78.5 cm³/mol. The van der Waals surface area contributed by atoms with E-state index in [0.29, 0.717) is 5.56 Å². The molecule has 22 heavy (non-hydrogen) atoms. The molecule has 8 nitrogen and oxygen atoms in total. The van der Waals surface area contributed by atoms with E-state index < -0.39 is 43.2 Å². The Bertz CT molecular complexity index is 529. The zero-order valence-corrected chi connectivity index (χ0v) is 13.0. The standard InChI is InChI=1S/C13H17BrN2O6/c14-7-3-1-2-6(4-7)12(21)15-16-13-11(20)10(19)9(18)8(5-17)22-13/h1-4,8-11,13,16-20H,5H2,(H,15,21)/t8-,9+,10-,11-,13-/m1/s1. The summed E-state index contributed by atoms with van der Waals surface area (Å²) in [5.74, 6) is -0.474. The fraction of sp³-hybridized carbons (Fsp3) is 0.462. The van der Waals surface area contributed by atoms with Crippen LogP contribution in [0.4, 0.5) is 0 Å². The van der Waals surface area contributed by atoms with Crippen LogP contribution in [0.25, 0.3) is 0 Å². The van der Waals surface area contributed by atoms with Gasteiger partial charge in [-0.25, -0.2) is 5.43 Å². The van der Waals surface area contributed by atoms with Crippen molar-refractivity contribution < 1.29 is 30.0 Å². The molecule has 0 unspecified atom stereocenters. The number of amides is 1. The molecule has 0 aliphatic carbocycles. The number of nitrogens with one attached hydrogen (secondary N) is 2. The molecular formula is C13H17BrN2O6. The summed E-state index contributed by atoms with van der Waals surface area (Å²) in [4.78, 5) is 12.0. The molecule has 1 amide bonds. The lowest BCUT2D eigenvalue weighted by Crippen LogP contribution is -2.64. The van der Waals surface area contributed by atoms with E-state index in [4.69, 9.17) is 9.84 Å². The Labute approximate surface area is 134 Å². The van der Waals surface area contributed by atoms with Crippen LogP contribution >= 0.6 is 15.9 Å². The first kappa shape index (κ1) is 17.3. The summed E-state index contributed by atoms with van der Waals surface area (Å²) in [7, 11) is 0. The van der Waals surface area contributed by atoms with Crippen molar-refractivity contribution in [3.8, 4) is 0 Å². The number of aliphatic hydroxyl groups excluding tert-OH is 4. The Morgan fingerprint density at radius 3 is 2.59 bits per heavy atom. The first-order valence-electron chi connectivity index (χ1n) is 6.56. The number of aliphatic hydroxyl groups is 4. The van der Waals surface area contributed by atoms with Crippen LogP contribution in [0.1, 0.15) is 10.4 Å². The zero-order chi connectivity index (χ0) is 16.3. The highest BCUT2D eigenvalue weighted by Gasteiger charge is 2.43. The number of carbonyl (C=O) groups is 1. The zero-order valence-electron chi connectivity index (χ0n) is 11.4. The summed E-state index contributed by atoms with van der Waals surface area (Å²) < 4.78 is 5.93. The molecule has 1 heterocycles. The maximum absolute atomic E-state index is 12.0. The summed E-state index contributed by atoms with van der Waals surface area (Å²) >= 11 is 3.25. The molecule has 0 saturated carbocycles. The van der Waals surface area contributed by atoms with E-state index in [0.717, 1.165) is 4.47 Å². The summed E-state index contributed by atoms with van der Waals surface area (Å²) in [6.07, 6.45) is -6.64. The second-order valence-electron chi connectivity index (χ2n) is 4.86. The average molecular weight is 377 g/mol. The lowest BCUT2D eigenvalue weighted by atomic mass is 9.99. The molecule has 9 heteroatoms. The van der Waals surface area contributed by atoms with Crippen molar-refractivity contribution in [3.05, 3.63) is 34.3 Å². The van der Waals surface area contributed by atoms with Gasteiger partial charge in [0.05, 0.1) is 6.61 Å². The van der Waals surface area contributed by atoms with E-state index in [2.05, 4.69) is 26.8 Å². The second kappa shape index (κ2) is 7.47. The van der Waals surface area contributed by atoms with E-state index in [1.54, 1.807) is 24.3 Å². The largest absolute Gasteiger partial charge is 0.394 e. The minimum Gasteiger partial charge on any atom is -0.394 e. The van der Waals surface area contributed by atoms with Crippen molar-refractivity contribution in [1.29, 1.82) is 0 Å². The van der Waals surface area contributed by atoms with Crippen LogP contribution in [0.2, 0.25) is 0 Å². The van der Waals surface area contributed by atoms with Crippen molar-refractivity contribution in [3.63, 3.8) is 0 Å². The molecule has 2 rings (SSSR count). The molecule has 1 saturated heterocycles. The highest BCUT2D eigenvalue weighted by atomic mass is 79.9. The molecule has 0 aromatic heterocycles. The number of rotatable bonds is 4. The van der Waals surface area contributed by atoms with Gasteiger partial charge < -0.3 is 25.2 Å². The summed E-state index contributed by atoms with van der Waals surface area (Å²) in [6.45, 7) is -0.539. The van der Waals surface area contributed by atoms with Crippen LogP contribution in [0, 0.1) is 0 Å². The molecule has 6 N–H and O–H groups in total. The number of hydrogen-bond acceptors (Lipinski definition) is 7. The highest BCUT2D eigenvalue weighted by Crippen LogP contribution is 2.19. The van der Waals surface area contributed by atoms with Crippen molar-refractivity contribution in [1.82, 2.24) is 10.9 Å². The quantitative estimate of drug-likeness (QED) is 0.352. The van der Waals surface area contributed by atoms with E-state index >= 15 is 0 Å². The fourth-order valence-corrected chi connectivity index (χ4v) is 2.46. The molecule has 0 spiro atoms. The number of hydrogen-bond donors (Lipinski definition) is 6. The van der Waals surface area contributed by atoms with Crippen LogP contribution in [0.15, 0.2) is 28.7 Å². The molecule has 1 aliphatic heterocycles. The van der Waals surface area contributed by atoms with Crippen molar-refractivity contribution in [2.75, 3.05) is 6.61 Å². The van der Waals surface area contributed by atoms with Crippen molar-refractivity contribution in [2.24, 2.45) is 0 Å². The Hall–Kier alpha value is -1.07. The normalized spacial score (nSPS) is 31.8. The first-order valence-corrected chi connectivity index (χ1v) is 7.35. The van der Waals surface area contributed by atoms with Gasteiger partial charge in [-0.15, -0.1) is 0 Å². The van der Waals surface area contributed by atoms with Crippen molar-refractivity contribution in [2.45, 2.75) is 30.6 Å². The van der Waals surface area contributed by atoms with Gasteiger partial charge in [0.1, 0.15) is 24.4 Å². The van der Waals surface area contributed by atoms with Gasteiger partial charge >= 0.3 is 0 Å². The first-order chi connectivity index (χ1) is 10.4. The van der Waals surface area contributed by atoms with Gasteiger partial charge in [0.15, 0.2) is 6.23 Å². The van der Waals surface area contributed by atoms with Gasteiger partial charge in [0.25, 0.3) is 5.91 Å². The van der Waals surface area contributed by atoms with Gasteiger partial charge in [-0.3, -0.25) is 10.2 Å². The molecule has 0 radical (unpaired) electrons. The number of carbonyl (C=O) groups excluding carboxylic acids is 1. The number of ether oxygens (including phenoxy) is 1. The molecule has 1 aromatic rings. The van der Waals surface area contributed by atoms with Gasteiger partial charge in [-0.1, -0.05) is 22.0 Å². The monoisotopic (exact) mass is 376 g/mol. The Kier molecular flexibility index (Phi) is 5.87. The molecule has 1 aromatic carbocycles. The Balaban J connectivity index is 1.97. The Morgan fingerprint density at radius 2 is 1.95 bits per heavy atom. The molecule has 1 fully saturated rings. The van der Waals surface area contributed by atoms with Crippen molar-refractivity contribution >= 4 is 21.8 Å². The van der Waals surface area contributed by atoms with Crippen LogP contribution in [0.5, 0.6) is 0 Å². The lowest BCUT2D eigenvalue weighted by molar-refractivity contribution is -0.238. The van der Waals surface area contributed by atoms with Gasteiger partial charge in [0.2, 0.25) is 0 Å². The van der Waals surface area contributed by atoms with Gasteiger partial charge in [-0.05, 0) is 18.2 Å². The molecule has 1 aliphatic rings. The van der Waals surface area contributed by atoms with Crippen LogP contribution < -0.4 is 10.9 Å². The van der Waals surface area contributed by atoms with Crippen LogP contribution in [-0.2, 0) is 4.74 Å². The molecule has 0 bridgehead atoms. The minimum absolute atomic E-state index is 0.367. The van der Waals surface area contributed by atoms with E-state index in [1.807, 2.05) is 0 Å². The van der Waals surface area contributed by atoms with Crippen LogP contribution in [0.3, 0.4) is 0 Å². The van der Waals surface area contributed by atoms with E-state index in [-0.39, 0.29) is 0 Å². The number of halogens is 1. The van der Waals surface area contributed by atoms with E-state index in [1.165, 1.54) is 0 Å². The van der Waals surface area contributed by atoms with E-state index in [9.17, 15) is 20.1 Å². The minimum atomic E-state index is -1.51. The summed E-state index contributed by atoms with van der Waals surface area (Å²) in [5.41, 5.74) is 5.14. The Morgan fingerprint density at radius 1 is 1.23 bits per heavy atom. The third-order valence-corrected chi connectivity index (χ3v) is 3.80. The molecule has 122 valence electrons. The fourth-order valence-electron chi connectivity index (χ4n) is 2.06.